The fourth-order valence-electron chi connectivity index (χ4n) is 1.35. The fraction of sp³-hybridized carbons (Fsp3) is 0.417. The smallest absolute Gasteiger partial charge is 0.240 e. The van der Waals surface area contributed by atoms with Gasteiger partial charge >= 0.3 is 0 Å². The highest BCUT2D eigenvalue weighted by molar-refractivity contribution is 7.89. The number of nitrogens with one attached hydrogen (secondary N) is 2. The van der Waals surface area contributed by atoms with Crippen molar-refractivity contribution in [1.29, 1.82) is 0 Å². The Balaban J connectivity index is 0.00000361. The van der Waals surface area contributed by atoms with Gasteiger partial charge < -0.3 is 11.1 Å². The van der Waals surface area contributed by atoms with E-state index in [2.05, 4.69) is 10.0 Å². The number of carbonyl (C=O) groups excluding carboxylic acids is 1. The Bertz CT molecular complexity index is 542. The van der Waals surface area contributed by atoms with Crippen molar-refractivity contribution in [3.8, 4) is 0 Å². The second kappa shape index (κ2) is 7.58. The monoisotopic (exact) mass is 321 g/mol. The number of halogens is 1. The summed E-state index contributed by atoms with van der Waals surface area (Å²) in [7, 11) is -3.51. The molecule has 8 heteroatoms. The van der Waals surface area contributed by atoms with Crippen LogP contribution in [0.25, 0.3) is 0 Å². The molecule has 0 aliphatic rings. The third-order valence-corrected chi connectivity index (χ3v) is 3.91. The Kier molecular flexibility index (Phi) is 7.15. The van der Waals surface area contributed by atoms with E-state index in [0.717, 1.165) is 0 Å². The zero-order valence-corrected chi connectivity index (χ0v) is 13.2. The summed E-state index contributed by atoms with van der Waals surface area (Å²) in [6.45, 7) is 5.06. The Hall–Kier alpha value is -1.15. The summed E-state index contributed by atoms with van der Waals surface area (Å²) in [4.78, 5) is 11.5. The largest absolute Gasteiger partial charge is 0.325 e. The summed E-state index contributed by atoms with van der Waals surface area (Å²) in [6, 6.07) is 5.11. The van der Waals surface area contributed by atoms with E-state index in [1.807, 2.05) is 0 Å². The number of hydrogen-bond donors (Lipinski definition) is 3. The number of carbonyl (C=O) groups is 1. The Morgan fingerprint density at radius 2 is 1.65 bits per heavy atom. The maximum absolute atomic E-state index is 11.9. The number of anilines is 1. The molecule has 1 unspecified atom stereocenters. The summed E-state index contributed by atoms with van der Waals surface area (Å²) in [6.07, 6.45) is 0. The van der Waals surface area contributed by atoms with Gasteiger partial charge in [0.05, 0.1) is 10.9 Å². The molecule has 0 spiro atoms. The van der Waals surface area contributed by atoms with Gasteiger partial charge in [0, 0.05) is 11.7 Å². The summed E-state index contributed by atoms with van der Waals surface area (Å²) in [5.74, 6) is -0.323. The van der Waals surface area contributed by atoms with E-state index in [9.17, 15) is 13.2 Å². The first-order valence-electron chi connectivity index (χ1n) is 5.91. The van der Waals surface area contributed by atoms with Gasteiger partial charge in [0.15, 0.2) is 0 Å². The summed E-state index contributed by atoms with van der Waals surface area (Å²) < 4.78 is 26.2. The number of nitrogens with two attached hydrogens (primary N) is 1. The SMILES string of the molecule is CC(C)NS(=O)(=O)c1ccc(NC(=O)C(C)N)cc1.Cl. The number of sulfonamides is 1. The quantitative estimate of drug-likeness (QED) is 0.755. The van der Waals surface area contributed by atoms with Gasteiger partial charge in [-0.25, -0.2) is 13.1 Å². The van der Waals surface area contributed by atoms with E-state index in [0.29, 0.717) is 5.69 Å². The molecule has 20 heavy (non-hydrogen) atoms. The second-order valence-corrected chi connectivity index (χ2v) is 6.29. The molecule has 0 aromatic heterocycles. The van der Waals surface area contributed by atoms with Gasteiger partial charge in [-0.3, -0.25) is 4.79 Å². The predicted octanol–water partition coefficient (Wildman–Crippen LogP) is 1.08. The maximum atomic E-state index is 11.9. The van der Waals surface area contributed by atoms with Crippen LogP contribution >= 0.6 is 12.4 Å². The second-order valence-electron chi connectivity index (χ2n) is 4.58. The molecule has 1 aromatic rings. The summed E-state index contributed by atoms with van der Waals surface area (Å²) in [5, 5.41) is 2.58. The first-order valence-corrected chi connectivity index (χ1v) is 7.39. The van der Waals surface area contributed by atoms with E-state index < -0.39 is 16.1 Å². The lowest BCUT2D eigenvalue weighted by molar-refractivity contribution is -0.117. The van der Waals surface area contributed by atoms with Crippen LogP contribution in [-0.4, -0.2) is 26.4 Å². The van der Waals surface area contributed by atoms with Gasteiger partial charge in [0.25, 0.3) is 0 Å². The first-order chi connectivity index (χ1) is 8.72. The van der Waals surface area contributed by atoms with Crippen LogP contribution in [-0.2, 0) is 14.8 Å². The minimum Gasteiger partial charge on any atom is -0.325 e. The molecule has 1 atom stereocenters. The Labute approximate surface area is 125 Å². The maximum Gasteiger partial charge on any atom is 0.240 e. The minimum absolute atomic E-state index is 0. The van der Waals surface area contributed by atoms with Gasteiger partial charge in [-0.1, -0.05) is 0 Å². The topological polar surface area (TPSA) is 101 Å². The molecular weight excluding hydrogens is 302 g/mol. The Morgan fingerprint density at radius 1 is 1.15 bits per heavy atom. The Morgan fingerprint density at radius 3 is 2.05 bits per heavy atom. The molecule has 0 saturated carbocycles. The number of rotatable bonds is 5. The molecule has 1 rings (SSSR count). The number of hydrogen-bond acceptors (Lipinski definition) is 4. The number of benzene rings is 1. The molecule has 0 radical (unpaired) electrons. The van der Waals surface area contributed by atoms with Crippen molar-refractivity contribution in [2.24, 2.45) is 5.73 Å². The van der Waals surface area contributed by atoms with Gasteiger partial charge in [-0.05, 0) is 45.0 Å². The van der Waals surface area contributed by atoms with E-state index in [1.165, 1.54) is 24.3 Å². The average molecular weight is 322 g/mol. The van der Waals surface area contributed by atoms with Gasteiger partial charge in [0.2, 0.25) is 15.9 Å². The predicted molar refractivity (Wildman–Crippen MR) is 81.4 cm³/mol. The van der Waals surface area contributed by atoms with Crippen LogP contribution in [0.3, 0.4) is 0 Å². The van der Waals surface area contributed by atoms with Crippen LogP contribution in [0, 0.1) is 0 Å². The zero-order valence-electron chi connectivity index (χ0n) is 11.6. The standard InChI is InChI=1S/C12H19N3O3S.ClH/c1-8(2)15-19(17,18)11-6-4-10(5-7-11)14-12(16)9(3)13;/h4-9,15H,13H2,1-3H3,(H,14,16);1H. The van der Waals surface area contributed by atoms with Crippen molar-refractivity contribution in [1.82, 2.24) is 4.72 Å². The van der Waals surface area contributed by atoms with E-state index in [-0.39, 0.29) is 29.3 Å². The molecule has 6 nitrogen and oxygen atoms in total. The third-order valence-electron chi connectivity index (χ3n) is 2.24. The van der Waals surface area contributed by atoms with Gasteiger partial charge in [-0.15, -0.1) is 12.4 Å². The van der Waals surface area contributed by atoms with Gasteiger partial charge in [-0.2, -0.15) is 0 Å². The molecule has 0 fully saturated rings. The molecule has 0 heterocycles. The molecule has 4 N–H and O–H groups in total. The highest BCUT2D eigenvalue weighted by Gasteiger charge is 2.15. The zero-order chi connectivity index (χ0) is 14.6. The van der Waals surface area contributed by atoms with Crippen molar-refractivity contribution in [2.45, 2.75) is 37.8 Å². The van der Waals surface area contributed by atoms with Crippen LogP contribution in [0.1, 0.15) is 20.8 Å². The van der Waals surface area contributed by atoms with Crippen LogP contribution < -0.4 is 15.8 Å². The first kappa shape index (κ1) is 18.9. The lowest BCUT2D eigenvalue weighted by Gasteiger charge is -2.11. The molecule has 0 aliphatic heterocycles. The molecule has 0 saturated heterocycles. The van der Waals surface area contributed by atoms with Crippen molar-refractivity contribution in [2.75, 3.05) is 5.32 Å². The minimum atomic E-state index is -3.51. The molecule has 0 aliphatic carbocycles. The van der Waals surface area contributed by atoms with Crippen molar-refractivity contribution in [3.63, 3.8) is 0 Å². The van der Waals surface area contributed by atoms with E-state index in [1.54, 1.807) is 20.8 Å². The van der Waals surface area contributed by atoms with Crippen molar-refractivity contribution < 1.29 is 13.2 Å². The molecule has 1 amide bonds. The van der Waals surface area contributed by atoms with Gasteiger partial charge in [0.1, 0.15) is 0 Å². The van der Waals surface area contributed by atoms with Crippen molar-refractivity contribution in [3.05, 3.63) is 24.3 Å². The molecule has 114 valence electrons. The van der Waals surface area contributed by atoms with Crippen LogP contribution in [0.5, 0.6) is 0 Å². The average Bonchev–Trinajstić information content (AvgIpc) is 2.27. The van der Waals surface area contributed by atoms with E-state index in [4.69, 9.17) is 5.73 Å². The lowest BCUT2D eigenvalue weighted by Crippen LogP contribution is -2.32. The lowest BCUT2D eigenvalue weighted by atomic mass is 10.3. The highest BCUT2D eigenvalue weighted by Crippen LogP contribution is 2.14. The molecular formula is C12H20ClN3O3S. The van der Waals surface area contributed by atoms with Crippen LogP contribution in [0.15, 0.2) is 29.2 Å². The molecule has 1 aromatic carbocycles. The van der Waals surface area contributed by atoms with E-state index >= 15 is 0 Å². The fourth-order valence-corrected chi connectivity index (χ4v) is 2.60. The molecule has 0 bridgehead atoms. The van der Waals surface area contributed by atoms with Crippen LogP contribution in [0.2, 0.25) is 0 Å². The summed E-state index contributed by atoms with van der Waals surface area (Å²) >= 11 is 0. The summed E-state index contributed by atoms with van der Waals surface area (Å²) in [5.41, 5.74) is 5.93. The van der Waals surface area contributed by atoms with Crippen molar-refractivity contribution >= 4 is 34.0 Å². The van der Waals surface area contributed by atoms with Crippen LogP contribution in [0.4, 0.5) is 5.69 Å². The highest BCUT2D eigenvalue weighted by atomic mass is 35.5. The normalized spacial score (nSPS) is 12.7. The third kappa shape index (κ3) is 5.46. The number of amides is 1.